The predicted octanol–water partition coefficient (Wildman–Crippen LogP) is 1.08. The average Bonchev–Trinajstić information content (AvgIpc) is 2.45. The van der Waals surface area contributed by atoms with Crippen LogP contribution in [0.4, 0.5) is 0 Å². The molecule has 1 atom stereocenters. The van der Waals surface area contributed by atoms with Gasteiger partial charge in [-0.15, -0.1) is 12.4 Å². The van der Waals surface area contributed by atoms with Crippen LogP contribution in [0.5, 0.6) is 5.75 Å². The highest BCUT2D eigenvalue weighted by molar-refractivity contribution is 6.31. The molecule has 1 aliphatic heterocycles. The maximum Gasteiger partial charge on any atom is 0.289 e. The van der Waals surface area contributed by atoms with Crippen LogP contribution < -0.4 is 10.3 Å². The first-order chi connectivity index (χ1) is 9.58. The van der Waals surface area contributed by atoms with Crippen LogP contribution in [0.1, 0.15) is 19.3 Å². The zero-order valence-corrected chi connectivity index (χ0v) is 13.6. The number of halogens is 2. The normalized spacial score (nSPS) is 17.1. The van der Waals surface area contributed by atoms with Crippen LogP contribution in [0.25, 0.3) is 0 Å². The first kappa shape index (κ1) is 18.2. The molecule has 21 heavy (non-hydrogen) atoms. The summed E-state index contributed by atoms with van der Waals surface area (Å²) in [6.45, 7) is 2.72. The lowest BCUT2D eigenvalue weighted by Gasteiger charge is -2.28. The molecule has 6 nitrogen and oxygen atoms in total. The number of rotatable bonds is 5. The zero-order valence-electron chi connectivity index (χ0n) is 12.0. The molecule has 1 aliphatic rings. The first-order valence-electron chi connectivity index (χ1n) is 6.83. The summed E-state index contributed by atoms with van der Waals surface area (Å²) in [5, 5.41) is 13.8. The molecule has 1 aromatic rings. The van der Waals surface area contributed by atoms with Gasteiger partial charge in [0, 0.05) is 13.6 Å². The average molecular weight is 338 g/mol. The van der Waals surface area contributed by atoms with Crippen molar-refractivity contribution in [2.75, 3.05) is 26.2 Å². The summed E-state index contributed by atoms with van der Waals surface area (Å²) >= 11 is 5.88. The van der Waals surface area contributed by atoms with E-state index in [0.29, 0.717) is 6.54 Å². The summed E-state index contributed by atoms with van der Waals surface area (Å²) in [5.41, 5.74) is -0.408. The van der Waals surface area contributed by atoms with Gasteiger partial charge in [0.15, 0.2) is 10.8 Å². The Hall–Kier alpha value is -0.820. The molecule has 1 fully saturated rings. The Morgan fingerprint density at radius 3 is 2.76 bits per heavy atom. The van der Waals surface area contributed by atoms with Crippen LogP contribution in [0.2, 0.25) is 5.02 Å². The molecule has 1 saturated heterocycles. The molecule has 1 unspecified atom stereocenters. The molecular weight excluding hydrogens is 317 g/mol. The van der Waals surface area contributed by atoms with E-state index in [4.69, 9.17) is 16.3 Å². The van der Waals surface area contributed by atoms with Crippen LogP contribution in [0.3, 0.4) is 0 Å². The van der Waals surface area contributed by atoms with Crippen molar-refractivity contribution in [3.05, 3.63) is 21.6 Å². The SMILES string of the molecule is Cl.Cn1ncc(OCC(O)CN2CCCCC2)c(Cl)c1=O. The first-order valence-corrected chi connectivity index (χ1v) is 7.20. The van der Waals surface area contributed by atoms with E-state index in [9.17, 15) is 9.90 Å². The summed E-state index contributed by atoms with van der Waals surface area (Å²) in [6.07, 6.45) is 4.40. The van der Waals surface area contributed by atoms with Crippen LogP contribution in [-0.2, 0) is 7.05 Å². The highest BCUT2D eigenvalue weighted by Gasteiger charge is 2.16. The minimum absolute atomic E-state index is 0. The molecule has 0 aromatic carbocycles. The van der Waals surface area contributed by atoms with E-state index < -0.39 is 11.7 Å². The predicted molar refractivity (Wildman–Crippen MR) is 83.5 cm³/mol. The lowest BCUT2D eigenvalue weighted by molar-refractivity contribution is 0.0615. The molecule has 0 aliphatic carbocycles. The molecule has 1 aromatic heterocycles. The van der Waals surface area contributed by atoms with Gasteiger partial charge in [0.25, 0.3) is 5.56 Å². The Morgan fingerprint density at radius 1 is 1.43 bits per heavy atom. The largest absolute Gasteiger partial charge is 0.487 e. The number of piperidine rings is 1. The van der Waals surface area contributed by atoms with Gasteiger partial charge in [-0.05, 0) is 25.9 Å². The van der Waals surface area contributed by atoms with Gasteiger partial charge in [0.2, 0.25) is 0 Å². The molecule has 2 heterocycles. The van der Waals surface area contributed by atoms with Crippen LogP contribution in [0.15, 0.2) is 11.0 Å². The quantitative estimate of drug-likeness (QED) is 0.870. The molecule has 0 radical (unpaired) electrons. The van der Waals surface area contributed by atoms with Gasteiger partial charge in [-0.25, -0.2) is 4.68 Å². The summed E-state index contributed by atoms with van der Waals surface area (Å²) < 4.78 is 6.53. The number of aryl methyl sites for hydroxylation is 1. The Labute approximate surface area is 135 Å². The number of likely N-dealkylation sites (tertiary alicyclic amines) is 1. The molecule has 0 spiro atoms. The molecule has 0 bridgehead atoms. The molecule has 2 rings (SSSR count). The van der Waals surface area contributed by atoms with E-state index in [1.807, 2.05) is 0 Å². The van der Waals surface area contributed by atoms with Gasteiger partial charge < -0.3 is 14.7 Å². The minimum Gasteiger partial charge on any atom is -0.487 e. The fourth-order valence-electron chi connectivity index (χ4n) is 2.27. The van der Waals surface area contributed by atoms with E-state index in [1.165, 1.54) is 32.5 Å². The molecule has 0 saturated carbocycles. The fraction of sp³-hybridized carbons (Fsp3) is 0.692. The van der Waals surface area contributed by atoms with Crippen molar-refractivity contribution in [3.8, 4) is 5.75 Å². The second-order valence-corrected chi connectivity index (χ2v) is 5.46. The number of ether oxygens (including phenoxy) is 1. The van der Waals surface area contributed by atoms with Crippen molar-refractivity contribution in [2.45, 2.75) is 25.4 Å². The minimum atomic E-state index is -0.603. The maximum atomic E-state index is 11.6. The van der Waals surface area contributed by atoms with E-state index in [1.54, 1.807) is 0 Å². The second kappa shape index (κ2) is 8.58. The maximum absolute atomic E-state index is 11.6. The summed E-state index contributed by atoms with van der Waals surface area (Å²) in [5.74, 6) is 0.215. The molecular formula is C13H21Cl2N3O3. The van der Waals surface area contributed by atoms with Crippen molar-refractivity contribution >= 4 is 24.0 Å². The number of nitrogens with zero attached hydrogens (tertiary/aromatic N) is 3. The Kier molecular flexibility index (Phi) is 7.45. The third kappa shape index (κ3) is 5.14. The van der Waals surface area contributed by atoms with Gasteiger partial charge in [-0.3, -0.25) is 4.79 Å². The number of hydrogen-bond acceptors (Lipinski definition) is 5. The van der Waals surface area contributed by atoms with Crippen molar-refractivity contribution in [2.24, 2.45) is 7.05 Å². The zero-order chi connectivity index (χ0) is 14.5. The number of aromatic nitrogens is 2. The lowest BCUT2D eigenvalue weighted by Crippen LogP contribution is -2.38. The van der Waals surface area contributed by atoms with Gasteiger partial charge in [0.05, 0.1) is 6.20 Å². The van der Waals surface area contributed by atoms with Crippen LogP contribution in [-0.4, -0.2) is 52.1 Å². The lowest BCUT2D eigenvalue weighted by atomic mass is 10.1. The molecule has 1 N–H and O–H groups in total. The van der Waals surface area contributed by atoms with Crippen molar-refractivity contribution in [1.29, 1.82) is 0 Å². The fourth-order valence-corrected chi connectivity index (χ4v) is 2.50. The van der Waals surface area contributed by atoms with Crippen molar-refractivity contribution in [1.82, 2.24) is 14.7 Å². The van der Waals surface area contributed by atoms with Crippen LogP contribution >= 0.6 is 24.0 Å². The number of aliphatic hydroxyl groups is 1. The highest BCUT2D eigenvalue weighted by atomic mass is 35.5. The summed E-state index contributed by atoms with van der Waals surface area (Å²) in [6, 6.07) is 0. The Bertz CT molecular complexity index is 504. The van der Waals surface area contributed by atoms with Crippen LogP contribution in [0, 0.1) is 0 Å². The van der Waals surface area contributed by atoms with Gasteiger partial charge in [0.1, 0.15) is 12.7 Å². The monoisotopic (exact) mass is 337 g/mol. The molecule has 8 heteroatoms. The van der Waals surface area contributed by atoms with E-state index in [2.05, 4.69) is 10.00 Å². The van der Waals surface area contributed by atoms with E-state index in [-0.39, 0.29) is 29.8 Å². The Balaban J connectivity index is 0.00000220. The van der Waals surface area contributed by atoms with Crippen molar-refractivity contribution in [3.63, 3.8) is 0 Å². The highest BCUT2D eigenvalue weighted by Crippen LogP contribution is 2.18. The number of β-amino-alcohol motifs (C(OH)–C–C–N with tert-alkyl or cyclic N) is 1. The van der Waals surface area contributed by atoms with E-state index in [0.717, 1.165) is 17.8 Å². The number of aliphatic hydroxyl groups excluding tert-OH is 1. The smallest absolute Gasteiger partial charge is 0.289 e. The summed E-state index contributed by atoms with van der Waals surface area (Å²) in [7, 11) is 1.52. The third-order valence-electron chi connectivity index (χ3n) is 3.40. The second-order valence-electron chi connectivity index (χ2n) is 5.08. The topological polar surface area (TPSA) is 67.6 Å². The number of hydrogen-bond donors (Lipinski definition) is 1. The summed E-state index contributed by atoms with van der Waals surface area (Å²) in [4.78, 5) is 13.8. The standard InChI is InChI=1S/C13H20ClN3O3.ClH/c1-16-13(19)12(14)11(7-15-16)20-9-10(18)8-17-5-3-2-4-6-17;/h7,10,18H,2-6,8-9H2,1H3;1H. The molecule has 0 amide bonds. The van der Waals surface area contributed by atoms with Gasteiger partial charge in [-0.2, -0.15) is 5.10 Å². The van der Waals surface area contributed by atoms with Crippen molar-refractivity contribution < 1.29 is 9.84 Å². The Morgan fingerprint density at radius 2 is 2.10 bits per heavy atom. The molecule has 120 valence electrons. The van der Waals surface area contributed by atoms with E-state index >= 15 is 0 Å². The third-order valence-corrected chi connectivity index (χ3v) is 3.74. The van der Waals surface area contributed by atoms with Gasteiger partial charge >= 0.3 is 0 Å². The van der Waals surface area contributed by atoms with Gasteiger partial charge in [-0.1, -0.05) is 18.0 Å².